The third kappa shape index (κ3) is 4.40. The summed E-state index contributed by atoms with van der Waals surface area (Å²) in [6.45, 7) is 0. The molecule has 0 aromatic heterocycles. The Morgan fingerprint density at radius 2 is 2.43 bits per heavy atom. The average Bonchev–Trinajstić information content (AvgIpc) is 1.68. The van der Waals surface area contributed by atoms with Gasteiger partial charge in [-0.2, -0.15) is 12.6 Å². The van der Waals surface area contributed by atoms with E-state index >= 15 is 0 Å². The lowest BCUT2D eigenvalue weighted by atomic mass is 10.5. The van der Waals surface area contributed by atoms with Gasteiger partial charge < -0.3 is 3.07 Å². The minimum Gasteiger partial charge on any atom is -0.394 e. The van der Waals surface area contributed by atoms with Crippen LogP contribution in [-0.4, -0.2) is 11.7 Å². The van der Waals surface area contributed by atoms with Gasteiger partial charge in [-0.25, -0.2) is 0 Å². The molecule has 0 heterocycles. The maximum absolute atomic E-state index is 10.1. The summed E-state index contributed by atoms with van der Waals surface area (Å²) in [6.07, 6.45) is 0.395. The first-order valence-electron chi connectivity index (χ1n) is 1.73. The van der Waals surface area contributed by atoms with Crippen molar-refractivity contribution < 1.29 is 7.86 Å². The van der Waals surface area contributed by atoms with Crippen LogP contribution in [0.4, 0.5) is 0 Å². The van der Waals surface area contributed by atoms with Crippen molar-refractivity contribution in [3.05, 3.63) is 0 Å². The molecule has 0 amide bonds. The monoisotopic (exact) mass is 232 g/mol. The molecule has 0 bridgehead atoms. The third-order valence-corrected chi connectivity index (χ3v) is 1.12. The van der Waals surface area contributed by atoms with E-state index in [0.717, 1.165) is 0 Å². The minimum absolute atomic E-state index is 0.212. The van der Waals surface area contributed by atoms with E-state index in [2.05, 4.69) is 15.7 Å². The largest absolute Gasteiger partial charge is 0.394 e. The highest BCUT2D eigenvalue weighted by atomic mass is 127. The van der Waals surface area contributed by atoms with Gasteiger partial charge in [0.2, 0.25) is 0 Å². The number of hydrogen-bond donors (Lipinski definition) is 1. The van der Waals surface area contributed by atoms with Gasteiger partial charge in [0, 0.05) is 5.75 Å². The van der Waals surface area contributed by atoms with Crippen molar-refractivity contribution in [2.45, 2.75) is 6.42 Å². The molecule has 0 aliphatic carbocycles. The SMILES string of the molecule is O=C(CCS)OI. The predicted molar refractivity (Wildman–Crippen MR) is 38.6 cm³/mol. The minimum atomic E-state index is -0.212. The van der Waals surface area contributed by atoms with Gasteiger partial charge in [-0.05, 0) is 0 Å². The summed E-state index contributed by atoms with van der Waals surface area (Å²) < 4.78 is 4.27. The Hall–Kier alpha value is 0.550. The Morgan fingerprint density at radius 1 is 1.86 bits per heavy atom. The molecule has 0 spiro atoms. The second-order valence-electron chi connectivity index (χ2n) is 0.923. The van der Waals surface area contributed by atoms with Crippen LogP contribution in [0, 0.1) is 0 Å². The first-order valence-corrected chi connectivity index (χ1v) is 3.25. The van der Waals surface area contributed by atoms with Crippen LogP contribution >= 0.6 is 35.6 Å². The van der Waals surface area contributed by atoms with Crippen LogP contribution in [-0.2, 0) is 7.86 Å². The molecule has 0 saturated heterocycles. The summed E-state index contributed by atoms with van der Waals surface area (Å²) in [5.74, 6) is 0.345. The van der Waals surface area contributed by atoms with E-state index in [9.17, 15) is 4.79 Å². The van der Waals surface area contributed by atoms with E-state index in [0.29, 0.717) is 12.2 Å². The standard InChI is InChI=1S/C3H5IO2S/c4-6-3(5)1-2-7/h7H,1-2H2. The highest BCUT2D eigenvalue weighted by Gasteiger charge is 1.94. The van der Waals surface area contributed by atoms with Gasteiger partial charge in [0.05, 0.1) is 6.42 Å². The quantitative estimate of drug-likeness (QED) is 0.571. The molecular formula is C3H5IO2S. The second kappa shape index (κ2) is 4.70. The zero-order valence-electron chi connectivity index (χ0n) is 3.56. The Bertz CT molecular complexity index is 66.0. The summed E-state index contributed by atoms with van der Waals surface area (Å²) in [6, 6.07) is 0. The summed E-state index contributed by atoms with van der Waals surface area (Å²) in [5, 5.41) is 0. The van der Waals surface area contributed by atoms with Gasteiger partial charge in [-0.15, -0.1) is 0 Å². The molecular weight excluding hydrogens is 227 g/mol. The molecule has 7 heavy (non-hydrogen) atoms. The van der Waals surface area contributed by atoms with E-state index in [1.54, 1.807) is 23.0 Å². The fourth-order valence-corrected chi connectivity index (χ4v) is 0.533. The van der Waals surface area contributed by atoms with Crippen LogP contribution < -0.4 is 0 Å². The summed E-state index contributed by atoms with van der Waals surface area (Å²) in [5.41, 5.74) is 0. The van der Waals surface area contributed by atoms with Crippen LogP contribution in [0.3, 0.4) is 0 Å². The van der Waals surface area contributed by atoms with Crippen LogP contribution in [0.15, 0.2) is 0 Å². The summed E-state index contributed by atoms with van der Waals surface area (Å²) >= 11 is 5.36. The molecule has 0 aromatic carbocycles. The van der Waals surface area contributed by atoms with Crippen molar-refractivity contribution >= 4 is 41.6 Å². The fraction of sp³-hybridized carbons (Fsp3) is 0.667. The Morgan fingerprint density at radius 3 is 2.57 bits per heavy atom. The van der Waals surface area contributed by atoms with Gasteiger partial charge in [-0.3, -0.25) is 4.79 Å². The van der Waals surface area contributed by atoms with E-state index < -0.39 is 0 Å². The molecule has 4 heteroatoms. The zero-order valence-corrected chi connectivity index (χ0v) is 6.61. The molecule has 2 nitrogen and oxygen atoms in total. The Kier molecular flexibility index (Phi) is 5.07. The molecule has 0 aromatic rings. The van der Waals surface area contributed by atoms with E-state index in [1.807, 2.05) is 0 Å². The number of thiol groups is 1. The van der Waals surface area contributed by atoms with Crippen molar-refractivity contribution in [3.8, 4) is 0 Å². The number of hydrogen-bond acceptors (Lipinski definition) is 3. The van der Waals surface area contributed by atoms with Crippen LogP contribution in [0.25, 0.3) is 0 Å². The normalized spacial score (nSPS) is 8.29. The van der Waals surface area contributed by atoms with Crippen molar-refractivity contribution in [2.75, 3.05) is 5.75 Å². The first kappa shape index (κ1) is 7.55. The van der Waals surface area contributed by atoms with Gasteiger partial charge in [-0.1, -0.05) is 0 Å². The smallest absolute Gasteiger partial charge is 0.316 e. The molecule has 0 aliphatic rings. The molecule has 0 unspecified atom stereocenters. The van der Waals surface area contributed by atoms with Gasteiger partial charge in [0.1, 0.15) is 0 Å². The van der Waals surface area contributed by atoms with Gasteiger partial charge in [0.25, 0.3) is 0 Å². The maximum Gasteiger partial charge on any atom is 0.316 e. The molecule has 0 saturated carbocycles. The molecule has 0 aliphatic heterocycles. The molecule has 0 N–H and O–H groups in total. The number of halogens is 1. The van der Waals surface area contributed by atoms with Gasteiger partial charge in [0.15, 0.2) is 23.0 Å². The second-order valence-corrected chi connectivity index (χ2v) is 1.81. The van der Waals surface area contributed by atoms with Crippen LogP contribution in [0.2, 0.25) is 0 Å². The molecule has 42 valence electrons. The Balaban J connectivity index is 3.00. The van der Waals surface area contributed by atoms with Crippen molar-refractivity contribution in [3.63, 3.8) is 0 Å². The molecule has 0 radical (unpaired) electrons. The lowest BCUT2D eigenvalue weighted by molar-refractivity contribution is -0.130. The Labute approximate surface area is 61.7 Å². The van der Waals surface area contributed by atoms with E-state index in [-0.39, 0.29) is 5.97 Å². The summed E-state index contributed by atoms with van der Waals surface area (Å²) in [4.78, 5) is 10.1. The van der Waals surface area contributed by atoms with Gasteiger partial charge >= 0.3 is 5.97 Å². The van der Waals surface area contributed by atoms with Crippen LogP contribution in [0.5, 0.6) is 0 Å². The van der Waals surface area contributed by atoms with Crippen molar-refractivity contribution in [2.24, 2.45) is 0 Å². The number of rotatable bonds is 2. The molecule has 0 fully saturated rings. The highest BCUT2D eigenvalue weighted by molar-refractivity contribution is 14.1. The topological polar surface area (TPSA) is 26.3 Å². The van der Waals surface area contributed by atoms with Crippen molar-refractivity contribution in [1.82, 2.24) is 0 Å². The number of carbonyl (C=O) groups excluding carboxylic acids is 1. The van der Waals surface area contributed by atoms with E-state index in [1.165, 1.54) is 0 Å². The zero-order chi connectivity index (χ0) is 5.70. The lowest BCUT2D eigenvalue weighted by Crippen LogP contribution is -1.95. The third-order valence-electron chi connectivity index (χ3n) is 0.402. The van der Waals surface area contributed by atoms with Crippen molar-refractivity contribution in [1.29, 1.82) is 0 Å². The highest BCUT2D eigenvalue weighted by Crippen LogP contribution is 1.92. The molecule has 0 rings (SSSR count). The fourth-order valence-electron chi connectivity index (χ4n) is 0.130. The first-order chi connectivity index (χ1) is 3.31. The maximum atomic E-state index is 10.1. The predicted octanol–water partition coefficient (Wildman–Crippen LogP) is 1.20. The average molecular weight is 232 g/mol. The lowest BCUT2D eigenvalue weighted by Gasteiger charge is -1.87. The van der Waals surface area contributed by atoms with E-state index in [4.69, 9.17) is 0 Å². The summed E-state index contributed by atoms with van der Waals surface area (Å²) in [7, 11) is 0. The van der Waals surface area contributed by atoms with Crippen LogP contribution in [0.1, 0.15) is 6.42 Å². The molecule has 0 atom stereocenters. The number of carbonyl (C=O) groups is 1.